The van der Waals surface area contributed by atoms with Gasteiger partial charge in [-0.05, 0) is 145 Å². The molecular weight excluding hydrogens is 780 g/mol. The fraction of sp³-hybridized carbons (Fsp3) is 0.588. The lowest BCUT2D eigenvalue weighted by molar-refractivity contribution is 0.0604. The Morgan fingerprint density at radius 3 is 1.33 bits per heavy atom. The lowest BCUT2D eigenvalue weighted by atomic mass is 9.71. The standard InChI is InChI=1S/C19H28N2O2.C16H21ClN2.C16H22N2O/c1-19(2,3)14-5-6-16-13(9-14)10-17-18(21-16)11-15(20-17)12-23-8-7-22-4;1-16(2,3)11-4-5-13-10(6-11)7-14-15(19-13)8-12(9-17)18-14;1-16(2,3)11-4-5-13-10(6-11)7-14-15(18-13)8-12(9-19)17-14/h10-11,14,20H,5-9,12H2,1-4H3;7-8,11,18H,4-6,9H2,1-3H3;7-8,11,17,19H,4-6,9H2,1-3H3. The number of rotatable bonds is 7. The van der Waals surface area contributed by atoms with Gasteiger partial charge in [-0.25, -0.2) is 0 Å². The van der Waals surface area contributed by atoms with Gasteiger partial charge in [0.15, 0.2) is 0 Å². The van der Waals surface area contributed by atoms with Gasteiger partial charge in [0, 0.05) is 41.3 Å². The number of aromatic nitrogens is 6. The van der Waals surface area contributed by atoms with Gasteiger partial charge >= 0.3 is 0 Å². The molecule has 10 heteroatoms. The lowest BCUT2D eigenvalue weighted by Gasteiger charge is -2.34. The number of halogens is 1. The number of hydrogen-bond acceptors (Lipinski definition) is 6. The minimum Gasteiger partial charge on any atom is -0.390 e. The summed E-state index contributed by atoms with van der Waals surface area (Å²) < 4.78 is 10.6. The van der Waals surface area contributed by atoms with E-state index in [0.29, 0.717) is 41.9 Å². The molecule has 0 radical (unpaired) electrons. The van der Waals surface area contributed by atoms with Crippen LogP contribution in [0.1, 0.15) is 132 Å². The summed E-state index contributed by atoms with van der Waals surface area (Å²) in [5.74, 6) is 2.74. The number of nitrogens with one attached hydrogen (secondary N) is 3. The lowest BCUT2D eigenvalue weighted by Crippen LogP contribution is -2.27. The number of ether oxygens (including phenoxy) is 2. The molecule has 0 saturated heterocycles. The Morgan fingerprint density at radius 1 is 0.574 bits per heavy atom. The number of methoxy groups -OCH3 is 1. The van der Waals surface area contributed by atoms with Crippen molar-refractivity contribution in [3.63, 3.8) is 0 Å². The second-order valence-electron chi connectivity index (χ2n) is 21.2. The SMILES string of the molecule is CC(C)(C)C1CCc2nc3cc(CCl)[nH]c3cc2C1.CC(C)(C)C1CCc2nc3cc(CO)[nH]c3cc2C1.COCCOCc1cc2nc3c(cc2[nH]1)CC(C(C)(C)C)CC3. The average molecular weight is 852 g/mol. The summed E-state index contributed by atoms with van der Waals surface area (Å²) in [6, 6.07) is 12.9. The Labute approximate surface area is 368 Å². The predicted molar refractivity (Wildman–Crippen MR) is 250 cm³/mol. The maximum atomic E-state index is 9.19. The van der Waals surface area contributed by atoms with E-state index in [1.54, 1.807) is 7.11 Å². The van der Waals surface area contributed by atoms with E-state index in [9.17, 15) is 5.11 Å². The summed E-state index contributed by atoms with van der Waals surface area (Å²) >= 11 is 5.88. The summed E-state index contributed by atoms with van der Waals surface area (Å²) in [5.41, 5.74) is 18.5. The molecular formula is C51H71ClN6O3. The third kappa shape index (κ3) is 10.9. The number of H-pyrrole nitrogens is 3. The number of alkyl halides is 1. The first-order valence-electron chi connectivity index (χ1n) is 22.7. The Balaban J connectivity index is 0.000000139. The third-order valence-corrected chi connectivity index (χ3v) is 14.0. The molecule has 9 nitrogen and oxygen atoms in total. The Hall–Kier alpha value is -3.76. The highest BCUT2D eigenvalue weighted by Crippen LogP contribution is 2.40. The second-order valence-corrected chi connectivity index (χ2v) is 21.5. The van der Waals surface area contributed by atoms with Gasteiger partial charge in [-0.3, -0.25) is 15.0 Å². The number of aliphatic hydroxyl groups excluding tert-OH is 1. The predicted octanol–water partition coefficient (Wildman–Crippen LogP) is 11.5. The first-order valence-corrected chi connectivity index (χ1v) is 23.2. The first kappa shape index (κ1) is 45.3. The van der Waals surface area contributed by atoms with E-state index in [-0.39, 0.29) is 6.61 Å². The van der Waals surface area contributed by atoms with Gasteiger partial charge in [0.2, 0.25) is 0 Å². The zero-order chi connectivity index (χ0) is 43.7. The largest absolute Gasteiger partial charge is 0.390 e. The van der Waals surface area contributed by atoms with Gasteiger partial charge in [0.25, 0.3) is 0 Å². The molecule has 3 atom stereocenters. The number of nitrogens with zero attached hydrogens (tertiary/aromatic N) is 3. The highest BCUT2D eigenvalue weighted by atomic mass is 35.5. The van der Waals surface area contributed by atoms with Crippen molar-refractivity contribution in [1.82, 2.24) is 29.9 Å². The van der Waals surface area contributed by atoms with Gasteiger partial charge in [-0.15, -0.1) is 11.6 Å². The molecule has 3 aliphatic rings. The van der Waals surface area contributed by atoms with Crippen LogP contribution in [0.2, 0.25) is 0 Å². The van der Waals surface area contributed by atoms with E-state index in [2.05, 4.69) is 108 Å². The quantitative estimate of drug-likeness (QED) is 0.0936. The number of fused-ring (bicyclic) bond motifs is 6. The van der Waals surface area contributed by atoms with Crippen LogP contribution in [0.25, 0.3) is 33.1 Å². The molecule has 4 N–H and O–H groups in total. The molecule has 9 rings (SSSR count). The van der Waals surface area contributed by atoms with Gasteiger partial charge in [0.05, 0.1) is 65.4 Å². The van der Waals surface area contributed by atoms with Crippen LogP contribution in [0.4, 0.5) is 0 Å². The first-order chi connectivity index (χ1) is 28.9. The van der Waals surface area contributed by atoms with Crippen molar-refractivity contribution in [1.29, 1.82) is 0 Å². The maximum Gasteiger partial charge on any atom is 0.0886 e. The Morgan fingerprint density at radius 2 is 0.951 bits per heavy atom. The monoisotopic (exact) mass is 851 g/mol. The van der Waals surface area contributed by atoms with Crippen molar-refractivity contribution in [2.24, 2.45) is 34.0 Å². The van der Waals surface area contributed by atoms with Crippen molar-refractivity contribution in [2.75, 3.05) is 20.3 Å². The van der Waals surface area contributed by atoms with Crippen molar-refractivity contribution in [3.05, 3.63) is 87.3 Å². The maximum absolute atomic E-state index is 9.19. The van der Waals surface area contributed by atoms with Crippen LogP contribution < -0.4 is 0 Å². The van der Waals surface area contributed by atoms with Crippen LogP contribution in [-0.4, -0.2) is 55.3 Å². The molecule has 0 spiro atoms. The summed E-state index contributed by atoms with van der Waals surface area (Å²) in [6.45, 7) is 22.9. The van der Waals surface area contributed by atoms with E-state index in [4.69, 9.17) is 36.0 Å². The molecule has 6 aromatic heterocycles. The molecule has 0 bridgehead atoms. The molecule has 0 aromatic carbocycles. The average Bonchev–Trinajstić information content (AvgIpc) is 3.94. The molecule has 3 aliphatic carbocycles. The van der Waals surface area contributed by atoms with Gasteiger partial charge < -0.3 is 29.5 Å². The van der Waals surface area contributed by atoms with Gasteiger partial charge in [-0.2, -0.15) is 0 Å². The number of pyridine rings is 3. The molecule has 0 fully saturated rings. The molecule has 330 valence electrons. The van der Waals surface area contributed by atoms with Gasteiger partial charge in [-0.1, -0.05) is 62.3 Å². The number of aromatic amines is 3. The second kappa shape index (κ2) is 18.5. The topological polar surface area (TPSA) is 125 Å². The van der Waals surface area contributed by atoms with Crippen LogP contribution in [-0.2, 0) is 67.1 Å². The molecule has 6 aromatic rings. The van der Waals surface area contributed by atoms with E-state index in [0.717, 1.165) is 106 Å². The molecule has 61 heavy (non-hydrogen) atoms. The van der Waals surface area contributed by atoms with Gasteiger partial charge in [0.1, 0.15) is 0 Å². The van der Waals surface area contributed by atoms with Crippen LogP contribution in [0, 0.1) is 34.0 Å². The smallest absolute Gasteiger partial charge is 0.0886 e. The van der Waals surface area contributed by atoms with E-state index in [1.807, 2.05) is 6.07 Å². The normalized spacial score (nSPS) is 19.2. The van der Waals surface area contributed by atoms with Crippen LogP contribution >= 0.6 is 11.6 Å². The van der Waals surface area contributed by atoms with E-state index < -0.39 is 0 Å². The van der Waals surface area contributed by atoms with Crippen molar-refractivity contribution in [3.8, 4) is 0 Å². The molecule has 0 saturated carbocycles. The molecule has 6 heterocycles. The number of hydrogen-bond donors (Lipinski definition) is 4. The fourth-order valence-corrected chi connectivity index (χ4v) is 9.72. The van der Waals surface area contributed by atoms with Crippen LogP contribution in [0.15, 0.2) is 36.4 Å². The molecule has 3 unspecified atom stereocenters. The zero-order valence-corrected chi connectivity index (χ0v) is 39.3. The summed E-state index contributed by atoms with van der Waals surface area (Å²) in [6.07, 6.45) is 10.4. The van der Waals surface area contributed by atoms with Crippen LogP contribution in [0.3, 0.4) is 0 Å². The van der Waals surface area contributed by atoms with Crippen molar-refractivity contribution in [2.45, 2.75) is 139 Å². The number of aryl methyl sites for hydroxylation is 3. The summed E-state index contributed by atoms with van der Waals surface area (Å²) in [5, 5.41) is 9.19. The Bertz CT molecular complexity index is 2310. The minimum absolute atomic E-state index is 0.0473. The number of aliphatic hydroxyl groups is 1. The van der Waals surface area contributed by atoms with E-state index >= 15 is 0 Å². The van der Waals surface area contributed by atoms with Crippen LogP contribution in [0.5, 0.6) is 0 Å². The summed E-state index contributed by atoms with van der Waals surface area (Å²) in [4.78, 5) is 24.5. The fourth-order valence-electron chi connectivity index (χ4n) is 9.57. The summed E-state index contributed by atoms with van der Waals surface area (Å²) in [7, 11) is 1.69. The molecule has 0 amide bonds. The minimum atomic E-state index is 0.0473. The molecule has 0 aliphatic heterocycles. The van der Waals surface area contributed by atoms with Crippen molar-refractivity contribution < 1.29 is 14.6 Å². The zero-order valence-electron chi connectivity index (χ0n) is 38.6. The highest BCUT2D eigenvalue weighted by Gasteiger charge is 2.32. The van der Waals surface area contributed by atoms with Crippen molar-refractivity contribution >= 4 is 44.7 Å². The highest BCUT2D eigenvalue weighted by molar-refractivity contribution is 6.17. The van der Waals surface area contributed by atoms with E-state index in [1.165, 1.54) is 53.0 Å². The Kier molecular flexibility index (Phi) is 13.8. The third-order valence-electron chi connectivity index (χ3n) is 13.7.